The van der Waals surface area contributed by atoms with Crippen LogP contribution in [0.5, 0.6) is 0 Å². The average Bonchev–Trinajstić information content (AvgIpc) is 3.90. The van der Waals surface area contributed by atoms with Crippen LogP contribution in [0.4, 0.5) is 28.4 Å². The summed E-state index contributed by atoms with van der Waals surface area (Å²) in [4.78, 5) is 11.3. The Morgan fingerprint density at radius 2 is 1.18 bits per heavy atom. The van der Waals surface area contributed by atoms with Gasteiger partial charge in [-0.1, -0.05) is 183 Å². The summed E-state index contributed by atoms with van der Waals surface area (Å²) in [5.41, 5.74) is 15.6. The monoisotopic (exact) mass is 858 g/mol. The fraction of sp³-hybridized carbons (Fsp3) is 0.119. The molecule has 66 heavy (non-hydrogen) atoms. The van der Waals surface area contributed by atoms with Crippen LogP contribution < -0.4 is 29.5 Å². The number of nitrogens with zero attached hydrogens (tertiary/aromatic N) is 5. The van der Waals surface area contributed by atoms with Crippen molar-refractivity contribution in [3.63, 3.8) is 0 Å². The van der Waals surface area contributed by atoms with E-state index in [1.807, 2.05) is 18.5 Å². The van der Waals surface area contributed by atoms with Gasteiger partial charge in [-0.3, -0.25) is 0 Å². The van der Waals surface area contributed by atoms with Gasteiger partial charge in [0.2, 0.25) is 12.4 Å². The first-order chi connectivity index (χ1) is 32.3. The minimum atomic E-state index is -0.258. The molecule has 7 heteroatoms. The zero-order chi connectivity index (χ0) is 44.8. The smallest absolute Gasteiger partial charge is 0.202 e. The maximum Gasteiger partial charge on any atom is 0.202 e. The quantitative estimate of drug-likeness (QED) is 0.110. The number of fused-ring (bicyclic) bond motifs is 4. The van der Waals surface area contributed by atoms with Crippen molar-refractivity contribution in [2.45, 2.75) is 39.3 Å². The van der Waals surface area contributed by atoms with Gasteiger partial charge >= 0.3 is 0 Å². The van der Waals surface area contributed by atoms with E-state index >= 15 is 0 Å². The molecule has 0 spiro atoms. The molecular formula is C59H50N6O. The molecule has 1 unspecified atom stereocenters. The number of hydrogen-bond acceptors (Lipinski definition) is 4. The van der Waals surface area contributed by atoms with Crippen molar-refractivity contribution >= 4 is 50.2 Å². The van der Waals surface area contributed by atoms with Gasteiger partial charge in [-0.25, -0.2) is 0 Å². The number of anilines is 5. The number of hydrogen-bond donors (Lipinski definition) is 1. The molecule has 3 aromatic heterocycles. The van der Waals surface area contributed by atoms with Crippen LogP contribution >= 0.6 is 0 Å². The van der Waals surface area contributed by atoms with Crippen molar-refractivity contribution in [1.29, 1.82) is 0 Å². The van der Waals surface area contributed by atoms with E-state index in [0.717, 1.165) is 55.8 Å². The second-order valence-electron chi connectivity index (χ2n) is 18.0. The number of benzene rings is 7. The van der Waals surface area contributed by atoms with Crippen molar-refractivity contribution < 1.29 is 14.4 Å². The molecule has 10 aromatic rings. The van der Waals surface area contributed by atoms with Crippen LogP contribution in [-0.4, -0.2) is 11.2 Å². The molecule has 0 aliphatic carbocycles. The van der Waals surface area contributed by atoms with E-state index < -0.39 is 0 Å². The predicted octanol–water partition coefficient (Wildman–Crippen LogP) is 12.7. The van der Waals surface area contributed by atoms with Crippen LogP contribution in [0.2, 0.25) is 0 Å². The number of pyridine rings is 2. The van der Waals surface area contributed by atoms with Gasteiger partial charge in [0.25, 0.3) is 0 Å². The zero-order valence-electron chi connectivity index (χ0n) is 37.6. The minimum Gasteiger partial charge on any atom is -0.361 e. The molecule has 0 bridgehead atoms. The van der Waals surface area contributed by atoms with Gasteiger partial charge in [-0.15, -0.1) is 12.1 Å². The van der Waals surface area contributed by atoms with E-state index in [-0.39, 0.29) is 11.6 Å². The second kappa shape index (κ2) is 16.8. The van der Waals surface area contributed by atoms with Gasteiger partial charge in [0, 0.05) is 33.5 Å². The Morgan fingerprint density at radius 1 is 0.561 bits per heavy atom. The SMILES string of the molecule is Cc1ccc(NC(c2ccc(C(C)(C)C)cc2)n2c3[c-][n+](O[n+]4[c-]c(N5CN(c6c(-c7ccccc7)cccc6-c6ccccc6)c6ccccc65)ccc4)ccc3c3ccccc32)cc1. The Kier molecular flexibility index (Phi) is 10.3. The largest absolute Gasteiger partial charge is 0.361 e. The molecule has 0 fully saturated rings. The highest BCUT2D eigenvalue weighted by Gasteiger charge is 2.31. The van der Waals surface area contributed by atoms with E-state index in [1.54, 1.807) is 9.46 Å². The third kappa shape index (κ3) is 7.58. The van der Waals surface area contributed by atoms with Crippen LogP contribution in [0.3, 0.4) is 0 Å². The Bertz CT molecular complexity index is 3280. The number of nitrogens with one attached hydrogen (secondary N) is 1. The van der Waals surface area contributed by atoms with Crippen molar-refractivity contribution in [2.75, 3.05) is 21.8 Å². The summed E-state index contributed by atoms with van der Waals surface area (Å²) in [5, 5.41) is 6.11. The second-order valence-corrected chi connectivity index (χ2v) is 18.0. The molecule has 0 saturated carbocycles. The van der Waals surface area contributed by atoms with Gasteiger partial charge in [-0.2, -0.15) is 0 Å². The number of aryl methyl sites for hydroxylation is 1. The standard InChI is InChI=1S/C59H50N6O/c1-42-28-34-47(35-29-42)60-58(45-30-32-46(33-31-45)59(2,3)4)65-53-25-12-11-22-51(53)52-36-38-62(40-56(52)65)66-61-37-16-21-48(39-61)63-41-64(55-27-14-13-26-54(55)63)57-49(43-17-7-5-8-18-43)23-15-24-50(57)44-19-9-6-10-20-44/h5-38,58,60H,41H2,1-4H3. The van der Waals surface area contributed by atoms with Crippen LogP contribution in [0.1, 0.15) is 43.6 Å². The highest BCUT2D eigenvalue weighted by Crippen LogP contribution is 2.49. The van der Waals surface area contributed by atoms with Crippen molar-refractivity contribution in [2.24, 2.45) is 0 Å². The van der Waals surface area contributed by atoms with Crippen molar-refractivity contribution in [3.05, 3.63) is 236 Å². The Labute approximate surface area is 386 Å². The molecule has 0 saturated heterocycles. The molecule has 7 nitrogen and oxygen atoms in total. The zero-order valence-corrected chi connectivity index (χ0v) is 37.6. The Hall–Kier alpha value is -8.16. The third-order valence-electron chi connectivity index (χ3n) is 12.6. The molecule has 1 atom stereocenters. The summed E-state index contributed by atoms with van der Waals surface area (Å²) in [6, 6.07) is 68.9. The van der Waals surface area contributed by atoms with E-state index in [1.165, 1.54) is 33.4 Å². The van der Waals surface area contributed by atoms with Crippen LogP contribution in [0.15, 0.2) is 207 Å². The molecular weight excluding hydrogens is 809 g/mol. The van der Waals surface area contributed by atoms with E-state index in [2.05, 4.69) is 248 Å². The Balaban J connectivity index is 0.974. The van der Waals surface area contributed by atoms with Gasteiger partial charge < -0.3 is 19.7 Å². The molecule has 0 radical (unpaired) electrons. The van der Waals surface area contributed by atoms with Crippen LogP contribution in [0.25, 0.3) is 44.1 Å². The lowest BCUT2D eigenvalue weighted by Crippen LogP contribution is -2.60. The molecule has 1 N–H and O–H groups in total. The lowest BCUT2D eigenvalue weighted by Gasteiger charge is -2.27. The molecule has 1 aliphatic rings. The summed E-state index contributed by atoms with van der Waals surface area (Å²) in [6.07, 6.45) is 10.8. The fourth-order valence-corrected chi connectivity index (χ4v) is 9.28. The molecule has 7 aromatic carbocycles. The summed E-state index contributed by atoms with van der Waals surface area (Å²) in [5.74, 6) is 0. The average molecular weight is 859 g/mol. The highest BCUT2D eigenvalue weighted by atomic mass is 16.8. The van der Waals surface area contributed by atoms with Gasteiger partial charge in [0.1, 0.15) is 18.6 Å². The van der Waals surface area contributed by atoms with Crippen molar-refractivity contribution in [1.82, 2.24) is 4.57 Å². The predicted molar refractivity (Wildman–Crippen MR) is 267 cm³/mol. The minimum absolute atomic E-state index is 0.0329. The first kappa shape index (κ1) is 40.6. The molecule has 11 rings (SSSR count). The maximum absolute atomic E-state index is 6.61. The van der Waals surface area contributed by atoms with Crippen LogP contribution in [-0.2, 0) is 5.41 Å². The number of rotatable bonds is 10. The van der Waals surface area contributed by atoms with E-state index in [4.69, 9.17) is 4.94 Å². The third-order valence-corrected chi connectivity index (χ3v) is 12.6. The molecule has 4 heterocycles. The fourth-order valence-electron chi connectivity index (χ4n) is 9.28. The van der Waals surface area contributed by atoms with Crippen LogP contribution in [0, 0.1) is 19.3 Å². The lowest BCUT2D eigenvalue weighted by molar-refractivity contribution is -1.16. The number of para-hydroxylation sites is 4. The van der Waals surface area contributed by atoms with E-state index in [0.29, 0.717) is 6.67 Å². The van der Waals surface area contributed by atoms with E-state index in [9.17, 15) is 0 Å². The summed E-state index contributed by atoms with van der Waals surface area (Å²) >= 11 is 0. The molecule has 1 aliphatic heterocycles. The van der Waals surface area contributed by atoms with Crippen molar-refractivity contribution in [3.8, 4) is 22.3 Å². The Morgan fingerprint density at radius 3 is 1.86 bits per heavy atom. The summed E-state index contributed by atoms with van der Waals surface area (Å²) < 4.78 is 5.63. The number of aromatic nitrogens is 3. The summed E-state index contributed by atoms with van der Waals surface area (Å²) in [7, 11) is 0. The lowest BCUT2D eigenvalue weighted by atomic mass is 9.86. The maximum atomic E-state index is 6.61. The van der Waals surface area contributed by atoms with Gasteiger partial charge in [0.05, 0.1) is 23.7 Å². The highest BCUT2D eigenvalue weighted by molar-refractivity contribution is 6.07. The van der Waals surface area contributed by atoms with Gasteiger partial charge in [0.15, 0.2) is 0 Å². The van der Waals surface area contributed by atoms with Gasteiger partial charge in [-0.05, 0) is 84.7 Å². The molecule has 0 amide bonds. The first-order valence-corrected chi connectivity index (χ1v) is 22.6. The topological polar surface area (TPSA) is 40.4 Å². The molecule has 322 valence electrons. The first-order valence-electron chi connectivity index (χ1n) is 22.6. The summed E-state index contributed by atoms with van der Waals surface area (Å²) in [6.45, 7) is 9.44. The normalized spacial score (nSPS) is 13.0.